The van der Waals surface area contributed by atoms with Gasteiger partial charge in [0.25, 0.3) is 0 Å². The van der Waals surface area contributed by atoms with Crippen molar-refractivity contribution in [2.75, 3.05) is 13.7 Å². The molecule has 1 aliphatic heterocycles. The molecule has 13 heavy (non-hydrogen) atoms. The molecular formula is C10H11NO2. The summed E-state index contributed by atoms with van der Waals surface area (Å²) in [5.74, 6) is 0.977. The Morgan fingerprint density at radius 3 is 3.08 bits per heavy atom. The highest BCUT2D eigenvalue weighted by atomic mass is 16.5. The number of methoxy groups -OCH3 is 1. The molecule has 0 fully saturated rings. The number of phenolic OH excluding ortho intramolecular Hbond substituents is 1. The maximum absolute atomic E-state index is 9.36. The first-order valence-electron chi connectivity index (χ1n) is 4.21. The second-order valence-corrected chi connectivity index (χ2v) is 3.00. The number of benzene rings is 1. The fraction of sp³-hybridized carbons (Fsp3) is 0.300. The van der Waals surface area contributed by atoms with Crippen LogP contribution < -0.4 is 4.74 Å². The minimum Gasteiger partial charge on any atom is -0.508 e. The van der Waals surface area contributed by atoms with E-state index in [4.69, 9.17) is 4.74 Å². The van der Waals surface area contributed by atoms with Gasteiger partial charge in [0.1, 0.15) is 11.5 Å². The SMILES string of the molecule is COc1cc(O)cc2c1CCN=C2. The Morgan fingerprint density at radius 2 is 2.31 bits per heavy atom. The van der Waals surface area contributed by atoms with Crippen LogP contribution in [0, 0.1) is 0 Å². The quantitative estimate of drug-likeness (QED) is 0.704. The highest BCUT2D eigenvalue weighted by Gasteiger charge is 2.12. The van der Waals surface area contributed by atoms with E-state index in [1.807, 2.05) is 0 Å². The first-order valence-corrected chi connectivity index (χ1v) is 4.21. The van der Waals surface area contributed by atoms with E-state index in [-0.39, 0.29) is 5.75 Å². The van der Waals surface area contributed by atoms with E-state index in [9.17, 15) is 5.11 Å². The molecule has 1 aromatic carbocycles. The van der Waals surface area contributed by atoms with Crippen LogP contribution in [0.5, 0.6) is 11.5 Å². The monoisotopic (exact) mass is 177 g/mol. The van der Waals surface area contributed by atoms with Crippen molar-refractivity contribution in [1.82, 2.24) is 0 Å². The normalized spacial score (nSPS) is 13.9. The zero-order valence-corrected chi connectivity index (χ0v) is 7.45. The summed E-state index contributed by atoms with van der Waals surface area (Å²) in [6.45, 7) is 0.800. The summed E-state index contributed by atoms with van der Waals surface area (Å²) >= 11 is 0. The van der Waals surface area contributed by atoms with Crippen LogP contribution >= 0.6 is 0 Å². The summed E-state index contributed by atoms with van der Waals surface area (Å²) < 4.78 is 5.17. The number of fused-ring (bicyclic) bond motifs is 1. The van der Waals surface area contributed by atoms with Crippen molar-refractivity contribution in [2.24, 2.45) is 4.99 Å². The minimum atomic E-state index is 0.226. The Morgan fingerprint density at radius 1 is 1.46 bits per heavy atom. The Bertz CT molecular complexity index is 358. The summed E-state index contributed by atoms with van der Waals surface area (Å²) in [6.07, 6.45) is 2.66. The van der Waals surface area contributed by atoms with Crippen molar-refractivity contribution in [2.45, 2.75) is 6.42 Å². The number of hydrogen-bond donors (Lipinski definition) is 1. The fourth-order valence-electron chi connectivity index (χ4n) is 1.56. The van der Waals surface area contributed by atoms with Crippen LogP contribution in [0.2, 0.25) is 0 Å². The predicted octanol–water partition coefficient (Wildman–Crippen LogP) is 1.38. The average molecular weight is 177 g/mol. The van der Waals surface area contributed by atoms with Crippen LogP contribution in [-0.4, -0.2) is 25.0 Å². The summed E-state index contributed by atoms with van der Waals surface area (Å²) in [5.41, 5.74) is 2.10. The van der Waals surface area contributed by atoms with Crippen molar-refractivity contribution in [3.8, 4) is 11.5 Å². The van der Waals surface area contributed by atoms with Crippen LogP contribution in [0.1, 0.15) is 11.1 Å². The largest absolute Gasteiger partial charge is 0.508 e. The van der Waals surface area contributed by atoms with E-state index >= 15 is 0 Å². The van der Waals surface area contributed by atoms with Gasteiger partial charge in [0, 0.05) is 30.0 Å². The van der Waals surface area contributed by atoms with Gasteiger partial charge in [0.2, 0.25) is 0 Å². The first-order chi connectivity index (χ1) is 6.31. The molecule has 0 saturated heterocycles. The van der Waals surface area contributed by atoms with Gasteiger partial charge in [0.15, 0.2) is 0 Å². The molecule has 0 radical (unpaired) electrons. The lowest BCUT2D eigenvalue weighted by Gasteiger charge is -2.14. The van der Waals surface area contributed by atoms with E-state index < -0.39 is 0 Å². The van der Waals surface area contributed by atoms with E-state index in [0.29, 0.717) is 0 Å². The van der Waals surface area contributed by atoms with Crippen molar-refractivity contribution in [3.63, 3.8) is 0 Å². The lowest BCUT2D eigenvalue weighted by atomic mass is 10.0. The summed E-state index contributed by atoms with van der Waals surface area (Å²) in [5, 5.41) is 9.36. The molecule has 0 aliphatic carbocycles. The second kappa shape index (κ2) is 3.09. The van der Waals surface area contributed by atoms with Gasteiger partial charge in [-0.05, 0) is 12.5 Å². The molecule has 0 spiro atoms. The third-order valence-corrected chi connectivity index (χ3v) is 2.17. The molecule has 1 aromatic rings. The Balaban J connectivity index is 2.58. The molecular weight excluding hydrogens is 166 g/mol. The average Bonchev–Trinajstić information content (AvgIpc) is 2.16. The molecule has 68 valence electrons. The molecule has 0 atom stereocenters. The lowest BCUT2D eigenvalue weighted by Crippen LogP contribution is -2.05. The summed E-state index contributed by atoms with van der Waals surface area (Å²) in [6, 6.07) is 3.35. The number of aliphatic imine (C=N–C) groups is 1. The van der Waals surface area contributed by atoms with Crippen LogP contribution in [0.25, 0.3) is 0 Å². The molecule has 1 N–H and O–H groups in total. The highest BCUT2D eigenvalue weighted by molar-refractivity contribution is 5.84. The number of nitrogens with zero attached hydrogens (tertiary/aromatic N) is 1. The van der Waals surface area contributed by atoms with Crippen LogP contribution in [0.4, 0.5) is 0 Å². The molecule has 3 nitrogen and oxygen atoms in total. The van der Waals surface area contributed by atoms with Crippen molar-refractivity contribution in [1.29, 1.82) is 0 Å². The van der Waals surface area contributed by atoms with Gasteiger partial charge in [-0.2, -0.15) is 0 Å². The number of hydrogen-bond acceptors (Lipinski definition) is 3. The smallest absolute Gasteiger partial charge is 0.126 e. The number of ether oxygens (including phenoxy) is 1. The van der Waals surface area contributed by atoms with Crippen LogP contribution in [0.15, 0.2) is 17.1 Å². The maximum Gasteiger partial charge on any atom is 0.126 e. The van der Waals surface area contributed by atoms with Gasteiger partial charge in [0.05, 0.1) is 7.11 Å². The Kier molecular flexibility index (Phi) is 1.93. The summed E-state index contributed by atoms with van der Waals surface area (Å²) in [7, 11) is 1.61. The van der Waals surface area contributed by atoms with Gasteiger partial charge in [-0.25, -0.2) is 0 Å². The molecule has 0 amide bonds. The number of aromatic hydroxyl groups is 1. The first kappa shape index (κ1) is 8.10. The van der Waals surface area contributed by atoms with Crippen molar-refractivity contribution in [3.05, 3.63) is 23.3 Å². The Hall–Kier alpha value is -1.51. The Labute approximate surface area is 76.7 Å². The second-order valence-electron chi connectivity index (χ2n) is 3.00. The topological polar surface area (TPSA) is 41.8 Å². The highest BCUT2D eigenvalue weighted by Crippen LogP contribution is 2.29. The summed E-state index contributed by atoms with van der Waals surface area (Å²) in [4.78, 5) is 4.14. The van der Waals surface area contributed by atoms with Crippen molar-refractivity contribution < 1.29 is 9.84 Å². The van der Waals surface area contributed by atoms with Crippen molar-refractivity contribution >= 4 is 6.21 Å². The molecule has 1 heterocycles. The van der Waals surface area contributed by atoms with E-state index in [1.54, 1.807) is 25.5 Å². The third kappa shape index (κ3) is 1.37. The molecule has 0 unspecified atom stereocenters. The standard InChI is InChI=1S/C10H11NO2/c1-13-10-5-8(12)4-7-6-11-3-2-9(7)10/h4-6,12H,2-3H2,1H3. The number of rotatable bonds is 1. The lowest BCUT2D eigenvalue weighted by molar-refractivity contribution is 0.402. The molecule has 0 saturated carbocycles. The molecule has 1 aliphatic rings. The molecule has 0 aromatic heterocycles. The molecule has 3 heteroatoms. The van der Waals surface area contributed by atoms with Gasteiger partial charge < -0.3 is 9.84 Å². The maximum atomic E-state index is 9.36. The van der Waals surface area contributed by atoms with Crippen LogP contribution in [0.3, 0.4) is 0 Å². The van der Waals surface area contributed by atoms with Crippen LogP contribution in [-0.2, 0) is 6.42 Å². The van der Waals surface area contributed by atoms with Gasteiger partial charge in [-0.3, -0.25) is 4.99 Å². The van der Waals surface area contributed by atoms with Gasteiger partial charge in [-0.1, -0.05) is 0 Å². The zero-order valence-electron chi connectivity index (χ0n) is 7.45. The number of phenols is 1. The van der Waals surface area contributed by atoms with E-state index in [2.05, 4.69) is 4.99 Å². The van der Waals surface area contributed by atoms with Gasteiger partial charge >= 0.3 is 0 Å². The zero-order chi connectivity index (χ0) is 9.26. The molecule has 2 rings (SSSR count). The third-order valence-electron chi connectivity index (χ3n) is 2.17. The van der Waals surface area contributed by atoms with E-state index in [0.717, 1.165) is 29.8 Å². The minimum absolute atomic E-state index is 0.226. The van der Waals surface area contributed by atoms with E-state index in [1.165, 1.54) is 0 Å². The predicted molar refractivity (Wildman–Crippen MR) is 50.8 cm³/mol. The van der Waals surface area contributed by atoms with Gasteiger partial charge in [-0.15, -0.1) is 0 Å². The molecule has 0 bridgehead atoms. The fourth-order valence-corrected chi connectivity index (χ4v) is 1.56.